The summed E-state index contributed by atoms with van der Waals surface area (Å²) in [5, 5.41) is 9.84. The number of aliphatic hydroxyl groups excluding tert-OH is 1. The first-order valence-corrected chi connectivity index (χ1v) is 7.42. The molecule has 0 aromatic heterocycles. The Labute approximate surface area is 115 Å². The standard InChI is InChI=1S/C16H24O3/c1-11-5-6-12-14(2,10-17)7-4-8-16(12)15(11,3)9-13(18)19-16/h6,11,17H,4-5,7-10H2,1-3H3/t11-,14-,15+,16-/m1/s1. The van der Waals surface area contributed by atoms with Crippen LogP contribution in [0.5, 0.6) is 0 Å². The number of esters is 1. The third-order valence-electron chi connectivity index (χ3n) is 6.18. The molecule has 106 valence electrons. The van der Waals surface area contributed by atoms with E-state index >= 15 is 0 Å². The molecule has 0 bridgehead atoms. The molecule has 4 atom stereocenters. The molecule has 1 N–H and O–H groups in total. The van der Waals surface area contributed by atoms with Gasteiger partial charge in [-0.2, -0.15) is 0 Å². The van der Waals surface area contributed by atoms with Crippen LogP contribution < -0.4 is 0 Å². The van der Waals surface area contributed by atoms with Crippen LogP contribution >= 0.6 is 0 Å². The summed E-state index contributed by atoms with van der Waals surface area (Å²) in [6.07, 6.45) is 6.68. The number of aliphatic hydroxyl groups is 1. The SMILES string of the molecule is C[C@@H]1CC=C2[C@@](C)(CO)CCC[C@@]23OC(=O)C[C@@]13C. The Morgan fingerprint density at radius 1 is 1.42 bits per heavy atom. The molecule has 1 saturated carbocycles. The van der Waals surface area contributed by atoms with E-state index in [0.29, 0.717) is 12.3 Å². The van der Waals surface area contributed by atoms with Crippen molar-refractivity contribution < 1.29 is 14.6 Å². The van der Waals surface area contributed by atoms with Gasteiger partial charge in [-0.05, 0) is 37.2 Å². The molecule has 3 aliphatic rings. The van der Waals surface area contributed by atoms with Crippen LogP contribution in [0.1, 0.15) is 52.9 Å². The first-order chi connectivity index (χ1) is 8.88. The monoisotopic (exact) mass is 264 g/mol. The molecule has 0 aromatic rings. The minimum atomic E-state index is -0.447. The average Bonchev–Trinajstić information content (AvgIpc) is 2.62. The van der Waals surface area contributed by atoms with Gasteiger partial charge >= 0.3 is 5.97 Å². The number of allylic oxidation sites excluding steroid dienone is 1. The van der Waals surface area contributed by atoms with Crippen molar-refractivity contribution in [3.8, 4) is 0 Å². The number of rotatable bonds is 1. The first kappa shape index (κ1) is 13.2. The molecular weight excluding hydrogens is 240 g/mol. The van der Waals surface area contributed by atoms with E-state index in [1.165, 1.54) is 5.57 Å². The number of carbonyl (C=O) groups excluding carboxylic acids is 1. The molecular formula is C16H24O3. The molecule has 0 aromatic carbocycles. The van der Waals surface area contributed by atoms with E-state index in [2.05, 4.69) is 26.8 Å². The van der Waals surface area contributed by atoms with Crippen LogP contribution in [0, 0.1) is 16.7 Å². The molecule has 3 heteroatoms. The lowest BCUT2D eigenvalue weighted by Gasteiger charge is -2.56. The van der Waals surface area contributed by atoms with Gasteiger partial charge in [-0.15, -0.1) is 0 Å². The average molecular weight is 264 g/mol. The molecule has 2 fully saturated rings. The number of hydrogen-bond donors (Lipinski definition) is 1. The number of carbonyl (C=O) groups is 1. The maximum Gasteiger partial charge on any atom is 0.307 e. The Bertz CT molecular complexity index is 455. The van der Waals surface area contributed by atoms with Gasteiger partial charge in [0.2, 0.25) is 0 Å². The van der Waals surface area contributed by atoms with Crippen molar-refractivity contribution in [2.45, 2.75) is 58.5 Å². The molecule has 2 aliphatic carbocycles. The summed E-state index contributed by atoms with van der Waals surface area (Å²) in [6, 6.07) is 0. The van der Waals surface area contributed by atoms with Crippen LogP contribution in [0.15, 0.2) is 11.6 Å². The second kappa shape index (κ2) is 3.85. The largest absolute Gasteiger partial charge is 0.454 e. The normalized spacial score (nSPS) is 49.2. The van der Waals surface area contributed by atoms with Gasteiger partial charge in [0.15, 0.2) is 0 Å². The maximum absolute atomic E-state index is 12.0. The molecule has 19 heavy (non-hydrogen) atoms. The van der Waals surface area contributed by atoms with Crippen molar-refractivity contribution in [3.63, 3.8) is 0 Å². The van der Waals surface area contributed by atoms with Crippen molar-refractivity contribution in [2.24, 2.45) is 16.7 Å². The summed E-state index contributed by atoms with van der Waals surface area (Å²) < 4.78 is 5.91. The number of ether oxygens (including phenoxy) is 1. The van der Waals surface area contributed by atoms with Gasteiger partial charge in [-0.3, -0.25) is 4.79 Å². The summed E-state index contributed by atoms with van der Waals surface area (Å²) in [5.41, 5.74) is 0.424. The van der Waals surface area contributed by atoms with Crippen LogP contribution in [0.25, 0.3) is 0 Å². The van der Waals surface area contributed by atoms with Crippen LogP contribution in [-0.4, -0.2) is 23.3 Å². The first-order valence-electron chi connectivity index (χ1n) is 7.42. The molecule has 1 aliphatic heterocycles. The Kier molecular flexibility index (Phi) is 2.66. The van der Waals surface area contributed by atoms with Crippen molar-refractivity contribution >= 4 is 5.97 Å². The second-order valence-corrected chi connectivity index (χ2v) is 7.22. The molecule has 1 spiro atoms. The topological polar surface area (TPSA) is 46.5 Å². The molecule has 0 unspecified atom stereocenters. The minimum Gasteiger partial charge on any atom is -0.454 e. The lowest BCUT2D eigenvalue weighted by molar-refractivity contribution is -0.154. The van der Waals surface area contributed by atoms with E-state index in [1.54, 1.807) is 0 Å². The van der Waals surface area contributed by atoms with Gasteiger partial charge in [0, 0.05) is 10.8 Å². The highest BCUT2D eigenvalue weighted by atomic mass is 16.6. The summed E-state index contributed by atoms with van der Waals surface area (Å²) in [7, 11) is 0. The molecule has 1 heterocycles. The summed E-state index contributed by atoms with van der Waals surface area (Å²) in [6.45, 7) is 6.69. The Morgan fingerprint density at radius 2 is 2.16 bits per heavy atom. The molecule has 0 amide bonds. The van der Waals surface area contributed by atoms with Gasteiger partial charge in [0.25, 0.3) is 0 Å². The van der Waals surface area contributed by atoms with E-state index < -0.39 is 5.60 Å². The summed E-state index contributed by atoms with van der Waals surface area (Å²) in [4.78, 5) is 12.0. The van der Waals surface area contributed by atoms with Gasteiger partial charge in [-0.1, -0.05) is 26.8 Å². The van der Waals surface area contributed by atoms with E-state index in [-0.39, 0.29) is 23.4 Å². The van der Waals surface area contributed by atoms with Gasteiger partial charge in [-0.25, -0.2) is 0 Å². The van der Waals surface area contributed by atoms with Crippen molar-refractivity contribution in [2.75, 3.05) is 6.61 Å². The fraction of sp³-hybridized carbons (Fsp3) is 0.812. The molecule has 3 nitrogen and oxygen atoms in total. The summed E-state index contributed by atoms with van der Waals surface area (Å²) in [5.74, 6) is 0.382. The van der Waals surface area contributed by atoms with Crippen LogP contribution in [0.2, 0.25) is 0 Å². The zero-order valence-electron chi connectivity index (χ0n) is 12.2. The highest BCUT2D eigenvalue weighted by Gasteiger charge is 2.66. The molecule has 0 radical (unpaired) electrons. The van der Waals surface area contributed by atoms with E-state index in [9.17, 15) is 9.90 Å². The minimum absolute atomic E-state index is 0.0654. The Hall–Kier alpha value is -0.830. The van der Waals surface area contributed by atoms with E-state index in [1.807, 2.05) is 0 Å². The zero-order valence-corrected chi connectivity index (χ0v) is 12.2. The lowest BCUT2D eigenvalue weighted by Crippen LogP contribution is -2.57. The van der Waals surface area contributed by atoms with E-state index in [0.717, 1.165) is 25.7 Å². The lowest BCUT2D eigenvalue weighted by atomic mass is 9.50. The Balaban J connectivity index is 2.17. The van der Waals surface area contributed by atoms with Crippen molar-refractivity contribution in [1.82, 2.24) is 0 Å². The fourth-order valence-electron chi connectivity index (χ4n) is 4.68. The van der Waals surface area contributed by atoms with Gasteiger partial charge < -0.3 is 9.84 Å². The summed E-state index contributed by atoms with van der Waals surface area (Å²) >= 11 is 0. The van der Waals surface area contributed by atoms with Crippen LogP contribution in [0.3, 0.4) is 0 Å². The van der Waals surface area contributed by atoms with Crippen molar-refractivity contribution in [1.29, 1.82) is 0 Å². The maximum atomic E-state index is 12.0. The van der Waals surface area contributed by atoms with Crippen molar-refractivity contribution in [3.05, 3.63) is 11.6 Å². The Morgan fingerprint density at radius 3 is 2.84 bits per heavy atom. The van der Waals surface area contributed by atoms with Gasteiger partial charge in [0.1, 0.15) is 5.60 Å². The van der Waals surface area contributed by atoms with Crippen LogP contribution in [-0.2, 0) is 9.53 Å². The highest BCUT2D eigenvalue weighted by molar-refractivity contribution is 5.75. The smallest absolute Gasteiger partial charge is 0.307 e. The van der Waals surface area contributed by atoms with E-state index in [4.69, 9.17) is 4.74 Å². The van der Waals surface area contributed by atoms with Crippen LogP contribution in [0.4, 0.5) is 0 Å². The third-order valence-corrected chi connectivity index (χ3v) is 6.18. The molecule has 3 rings (SSSR count). The predicted molar refractivity (Wildman–Crippen MR) is 72.5 cm³/mol. The third kappa shape index (κ3) is 1.45. The fourth-order valence-corrected chi connectivity index (χ4v) is 4.68. The highest BCUT2D eigenvalue weighted by Crippen LogP contribution is 2.64. The zero-order chi connectivity index (χ0) is 13.9. The second-order valence-electron chi connectivity index (χ2n) is 7.22. The van der Waals surface area contributed by atoms with Gasteiger partial charge in [0.05, 0.1) is 13.0 Å². The predicted octanol–water partition coefficient (Wildman–Crippen LogP) is 2.83. The number of hydrogen-bond acceptors (Lipinski definition) is 3. The molecule has 1 saturated heterocycles. The quantitative estimate of drug-likeness (QED) is 0.585.